The van der Waals surface area contributed by atoms with Crippen molar-refractivity contribution in [3.05, 3.63) is 35.4 Å². The maximum Gasteiger partial charge on any atom is 0.251 e. The molecule has 0 aromatic heterocycles. The molecule has 114 valence electrons. The molecule has 0 bridgehead atoms. The quantitative estimate of drug-likeness (QED) is 0.636. The number of carbonyl (C=O) groups is 3. The van der Waals surface area contributed by atoms with E-state index in [1.807, 2.05) is 0 Å². The van der Waals surface area contributed by atoms with Crippen molar-refractivity contribution in [2.45, 2.75) is 19.0 Å². The number of likely N-dealkylation sites (N-methyl/N-ethyl adjacent to an activating group) is 1. The summed E-state index contributed by atoms with van der Waals surface area (Å²) in [6.45, 7) is 0.333. The van der Waals surface area contributed by atoms with E-state index in [-0.39, 0.29) is 18.2 Å². The number of nitrogens with zero attached hydrogens (tertiary/aromatic N) is 1. The Morgan fingerprint density at radius 2 is 1.81 bits per heavy atom. The smallest absolute Gasteiger partial charge is 0.251 e. The van der Waals surface area contributed by atoms with Crippen molar-refractivity contribution in [1.29, 1.82) is 0 Å². The third-order valence-corrected chi connectivity index (χ3v) is 2.98. The second kappa shape index (κ2) is 7.39. The van der Waals surface area contributed by atoms with Crippen molar-refractivity contribution in [2.24, 2.45) is 11.5 Å². The Kier molecular flexibility index (Phi) is 5.86. The molecular weight excluding hydrogens is 272 g/mol. The van der Waals surface area contributed by atoms with Crippen LogP contribution in [0.1, 0.15) is 22.3 Å². The zero-order valence-corrected chi connectivity index (χ0v) is 12.1. The Bertz CT molecular complexity index is 528. The van der Waals surface area contributed by atoms with Crippen LogP contribution in [0.15, 0.2) is 24.3 Å². The predicted molar refractivity (Wildman–Crippen MR) is 78.1 cm³/mol. The van der Waals surface area contributed by atoms with Crippen molar-refractivity contribution in [2.75, 3.05) is 14.1 Å². The van der Waals surface area contributed by atoms with Crippen LogP contribution in [-0.4, -0.2) is 42.8 Å². The van der Waals surface area contributed by atoms with Gasteiger partial charge >= 0.3 is 0 Å². The summed E-state index contributed by atoms with van der Waals surface area (Å²) in [6, 6.07) is 5.94. The number of nitrogens with one attached hydrogen (secondary N) is 1. The van der Waals surface area contributed by atoms with Gasteiger partial charge in [0.15, 0.2) is 0 Å². The monoisotopic (exact) mass is 292 g/mol. The lowest BCUT2D eigenvalue weighted by Gasteiger charge is -2.20. The summed E-state index contributed by atoms with van der Waals surface area (Å²) in [6.07, 6.45) is -0.182. The van der Waals surface area contributed by atoms with E-state index in [4.69, 9.17) is 11.5 Å². The number of hydrogen-bond donors (Lipinski definition) is 3. The molecule has 1 atom stereocenters. The van der Waals surface area contributed by atoms with Gasteiger partial charge in [0.25, 0.3) is 5.91 Å². The fraction of sp³-hybridized carbons (Fsp3) is 0.357. The molecule has 0 spiro atoms. The molecule has 0 aliphatic heterocycles. The SMILES string of the molecule is CNC(=O)c1ccc(CN(C)C(=O)C(N)CC(N)=O)cc1. The van der Waals surface area contributed by atoms with E-state index in [1.165, 1.54) is 4.90 Å². The van der Waals surface area contributed by atoms with Crippen molar-refractivity contribution in [3.63, 3.8) is 0 Å². The first kappa shape index (κ1) is 16.6. The zero-order chi connectivity index (χ0) is 16.0. The number of carbonyl (C=O) groups excluding carboxylic acids is 3. The molecule has 7 nitrogen and oxygen atoms in total. The van der Waals surface area contributed by atoms with Gasteiger partial charge in [-0.2, -0.15) is 0 Å². The highest BCUT2D eigenvalue weighted by Gasteiger charge is 2.20. The molecule has 0 fully saturated rings. The molecule has 3 amide bonds. The molecule has 0 aliphatic rings. The van der Waals surface area contributed by atoms with Gasteiger partial charge in [-0.25, -0.2) is 0 Å². The molecule has 1 rings (SSSR count). The van der Waals surface area contributed by atoms with Gasteiger partial charge in [0.05, 0.1) is 12.5 Å². The fourth-order valence-corrected chi connectivity index (χ4v) is 1.84. The highest BCUT2D eigenvalue weighted by Crippen LogP contribution is 2.08. The van der Waals surface area contributed by atoms with Crippen LogP contribution in [0, 0.1) is 0 Å². The topological polar surface area (TPSA) is 119 Å². The normalized spacial score (nSPS) is 11.6. The van der Waals surface area contributed by atoms with Crippen molar-refractivity contribution < 1.29 is 14.4 Å². The summed E-state index contributed by atoms with van der Waals surface area (Å²) < 4.78 is 0. The number of amides is 3. The summed E-state index contributed by atoms with van der Waals surface area (Å²) in [5.74, 6) is -1.14. The van der Waals surface area contributed by atoms with E-state index in [1.54, 1.807) is 38.4 Å². The zero-order valence-electron chi connectivity index (χ0n) is 12.1. The minimum Gasteiger partial charge on any atom is -0.370 e. The van der Waals surface area contributed by atoms with E-state index in [0.29, 0.717) is 12.1 Å². The largest absolute Gasteiger partial charge is 0.370 e. The van der Waals surface area contributed by atoms with Crippen molar-refractivity contribution >= 4 is 17.7 Å². The van der Waals surface area contributed by atoms with Crippen LogP contribution < -0.4 is 16.8 Å². The maximum absolute atomic E-state index is 11.9. The molecule has 7 heteroatoms. The van der Waals surface area contributed by atoms with Crippen LogP contribution in [0.25, 0.3) is 0 Å². The third-order valence-electron chi connectivity index (χ3n) is 2.98. The Balaban J connectivity index is 2.66. The summed E-state index contributed by atoms with van der Waals surface area (Å²) in [7, 11) is 3.15. The van der Waals surface area contributed by atoms with Gasteiger partial charge in [0.2, 0.25) is 11.8 Å². The highest BCUT2D eigenvalue weighted by atomic mass is 16.2. The fourth-order valence-electron chi connectivity index (χ4n) is 1.84. The Labute approximate surface area is 123 Å². The molecule has 5 N–H and O–H groups in total. The molecule has 0 saturated carbocycles. The number of rotatable bonds is 6. The molecule has 0 heterocycles. The summed E-state index contributed by atoms with van der Waals surface area (Å²) in [5, 5.41) is 2.53. The molecule has 1 aromatic rings. The van der Waals surface area contributed by atoms with Crippen LogP contribution >= 0.6 is 0 Å². The van der Waals surface area contributed by atoms with E-state index < -0.39 is 11.9 Å². The first-order chi connectivity index (χ1) is 9.85. The second-order valence-electron chi connectivity index (χ2n) is 4.75. The van der Waals surface area contributed by atoms with Crippen LogP contribution in [0.4, 0.5) is 0 Å². The average Bonchev–Trinajstić information content (AvgIpc) is 2.45. The second-order valence-corrected chi connectivity index (χ2v) is 4.75. The number of primary amides is 1. The van der Waals surface area contributed by atoms with E-state index in [0.717, 1.165) is 5.56 Å². The molecule has 0 saturated heterocycles. The van der Waals surface area contributed by atoms with E-state index in [9.17, 15) is 14.4 Å². The van der Waals surface area contributed by atoms with Gasteiger partial charge in [-0.3, -0.25) is 14.4 Å². The Morgan fingerprint density at radius 3 is 2.29 bits per heavy atom. The number of hydrogen-bond acceptors (Lipinski definition) is 4. The van der Waals surface area contributed by atoms with Crippen LogP contribution in [0.5, 0.6) is 0 Å². The van der Waals surface area contributed by atoms with Crippen molar-refractivity contribution in [3.8, 4) is 0 Å². The summed E-state index contributed by atoms with van der Waals surface area (Å²) in [5.41, 5.74) is 12.0. The lowest BCUT2D eigenvalue weighted by atomic mass is 10.1. The molecule has 0 radical (unpaired) electrons. The maximum atomic E-state index is 11.9. The lowest BCUT2D eigenvalue weighted by Crippen LogP contribution is -2.43. The molecule has 1 aromatic carbocycles. The molecule has 0 aliphatic carbocycles. The standard InChI is InChI=1S/C14H20N4O3/c1-17-13(20)10-5-3-9(4-6-10)8-18(2)14(21)11(15)7-12(16)19/h3-6,11H,7-8,15H2,1-2H3,(H2,16,19)(H,17,20). The first-order valence-electron chi connectivity index (χ1n) is 6.45. The minimum absolute atomic E-state index is 0.172. The molecule has 21 heavy (non-hydrogen) atoms. The van der Waals surface area contributed by atoms with Gasteiger partial charge in [-0.1, -0.05) is 12.1 Å². The average molecular weight is 292 g/mol. The first-order valence-corrected chi connectivity index (χ1v) is 6.45. The van der Waals surface area contributed by atoms with E-state index >= 15 is 0 Å². The van der Waals surface area contributed by atoms with E-state index in [2.05, 4.69) is 5.32 Å². The van der Waals surface area contributed by atoms with Crippen molar-refractivity contribution in [1.82, 2.24) is 10.2 Å². The lowest BCUT2D eigenvalue weighted by molar-refractivity contribution is -0.133. The van der Waals surface area contributed by atoms with Gasteiger partial charge in [-0.15, -0.1) is 0 Å². The Hall–Kier alpha value is -2.41. The summed E-state index contributed by atoms with van der Waals surface area (Å²) in [4.78, 5) is 35.5. The van der Waals surface area contributed by atoms with Gasteiger partial charge < -0.3 is 21.7 Å². The minimum atomic E-state index is -0.933. The predicted octanol–water partition coefficient (Wildman–Crippen LogP) is -0.793. The number of nitrogens with two attached hydrogens (primary N) is 2. The molecular formula is C14H20N4O3. The Morgan fingerprint density at radius 1 is 1.24 bits per heavy atom. The summed E-state index contributed by atoms with van der Waals surface area (Å²) >= 11 is 0. The van der Waals surface area contributed by atoms with Gasteiger partial charge in [0.1, 0.15) is 0 Å². The van der Waals surface area contributed by atoms with Crippen LogP contribution in [-0.2, 0) is 16.1 Å². The van der Waals surface area contributed by atoms with Gasteiger partial charge in [-0.05, 0) is 17.7 Å². The van der Waals surface area contributed by atoms with Gasteiger partial charge in [0, 0.05) is 26.2 Å². The highest BCUT2D eigenvalue weighted by molar-refractivity contribution is 5.94. The van der Waals surface area contributed by atoms with Crippen LogP contribution in [0.3, 0.4) is 0 Å². The molecule has 1 unspecified atom stereocenters. The van der Waals surface area contributed by atoms with Crippen LogP contribution in [0.2, 0.25) is 0 Å². The third kappa shape index (κ3) is 4.88. The number of benzene rings is 1.